The van der Waals surface area contributed by atoms with Gasteiger partial charge in [0.15, 0.2) is 18.2 Å². The van der Waals surface area contributed by atoms with Gasteiger partial charge in [-0.2, -0.15) is 0 Å². The highest BCUT2D eigenvalue weighted by Crippen LogP contribution is 2.33. The maximum absolute atomic E-state index is 14.0. The Labute approximate surface area is 150 Å². The summed E-state index contributed by atoms with van der Waals surface area (Å²) >= 11 is 0. The highest BCUT2D eigenvalue weighted by molar-refractivity contribution is 5.97. The van der Waals surface area contributed by atoms with E-state index >= 15 is 0 Å². The normalized spacial score (nSPS) is 19.9. The molecule has 3 rings (SSSR count). The van der Waals surface area contributed by atoms with Crippen molar-refractivity contribution in [3.8, 4) is 5.75 Å². The van der Waals surface area contributed by atoms with Crippen molar-refractivity contribution in [1.82, 2.24) is 10.2 Å². The van der Waals surface area contributed by atoms with Gasteiger partial charge < -0.3 is 30.7 Å². The number of aliphatic hydroxyl groups excluding tert-OH is 1. The molecule has 4 N–H and O–H groups in total. The maximum atomic E-state index is 14.0. The van der Waals surface area contributed by atoms with E-state index in [1.54, 1.807) is 0 Å². The van der Waals surface area contributed by atoms with Gasteiger partial charge in [-0.1, -0.05) is 0 Å². The van der Waals surface area contributed by atoms with Crippen LogP contribution in [0.2, 0.25) is 0 Å². The van der Waals surface area contributed by atoms with Gasteiger partial charge in [0, 0.05) is 24.8 Å². The minimum Gasteiger partial charge on any atom is -0.478 e. The van der Waals surface area contributed by atoms with E-state index in [1.165, 1.54) is 6.07 Å². The first-order chi connectivity index (χ1) is 12.5. The monoisotopic (exact) mass is 366 g/mol. The number of ether oxygens (including phenoxy) is 1. The van der Waals surface area contributed by atoms with Crippen molar-refractivity contribution in [2.45, 2.75) is 25.4 Å². The fraction of sp³-hybridized carbons (Fsp3) is 0.529. The van der Waals surface area contributed by atoms with E-state index < -0.39 is 11.8 Å². The lowest BCUT2D eigenvalue weighted by molar-refractivity contribution is -0.118. The largest absolute Gasteiger partial charge is 0.478 e. The summed E-state index contributed by atoms with van der Waals surface area (Å²) in [5, 5.41) is 17.4. The molecule has 3 amide bonds. The second kappa shape index (κ2) is 8.33. The van der Waals surface area contributed by atoms with Crippen LogP contribution >= 0.6 is 0 Å². The highest BCUT2D eigenvalue weighted by atomic mass is 19.1. The molecule has 0 unspecified atom stereocenters. The van der Waals surface area contributed by atoms with Gasteiger partial charge in [0.05, 0.1) is 11.8 Å². The lowest BCUT2D eigenvalue weighted by Crippen LogP contribution is -2.40. The summed E-state index contributed by atoms with van der Waals surface area (Å²) < 4.78 is 19.0. The second-order valence-electron chi connectivity index (χ2n) is 6.50. The first-order valence-corrected chi connectivity index (χ1v) is 8.73. The second-order valence-corrected chi connectivity index (χ2v) is 6.50. The van der Waals surface area contributed by atoms with E-state index in [0.29, 0.717) is 13.1 Å². The van der Waals surface area contributed by atoms with Crippen molar-refractivity contribution in [3.63, 3.8) is 0 Å². The van der Waals surface area contributed by atoms with Crippen molar-refractivity contribution in [3.05, 3.63) is 17.9 Å². The number of β-amino-alcohol motifs (C(OH)–C–C–N with tert-alkyl or cyclic N) is 1. The van der Waals surface area contributed by atoms with Crippen LogP contribution in [0, 0.1) is 5.82 Å². The Morgan fingerprint density at radius 2 is 2.31 bits per heavy atom. The smallest absolute Gasteiger partial charge is 0.319 e. The van der Waals surface area contributed by atoms with Gasteiger partial charge in [0.1, 0.15) is 0 Å². The number of fused-ring (bicyclic) bond motifs is 1. The number of benzene rings is 1. The first-order valence-electron chi connectivity index (χ1n) is 8.73. The topological polar surface area (TPSA) is 103 Å². The zero-order valence-electron chi connectivity index (χ0n) is 14.4. The standard InChI is InChI=1S/C17H23FN4O4/c18-13-7-11(8-14-16(13)26-10-15(24)21-14)20-17(25)19-4-2-6-22-5-1-3-12(23)9-22/h7-8,12,23H,1-6,9-10H2,(H,21,24)(H2,19,20,25)/t12-/m1/s1. The average Bonchev–Trinajstić information content (AvgIpc) is 2.58. The average molecular weight is 366 g/mol. The number of piperidine rings is 1. The summed E-state index contributed by atoms with van der Waals surface area (Å²) in [7, 11) is 0. The van der Waals surface area contributed by atoms with Gasteiger partial charge >= 0.3 is 6.03 Å². The summed E-state index contributed by atoms with van der Waals surface area (Å²) in [5.41, 5.74) is 0.420. The zero-order chi connectivity index (χ0) is 18.5. The maximum Gasteiger partial charge on any atom is 0.319 e. The Kier molecular flexibility index (Phi) is 5.89. The Morgan fingerprint density at radius 3 is 3.12 bits per heavy atom. The first kappa shape index (κ1) is 18.4. The molecular formula is C17H23FN4O4. The molecule has 0 radical (unpaired) electrons. The lowest BCUT2D eigenvalue weighted by Gasteiger charge is -2.29. The summed E-state index contributed by atoms with van der Waals surface area (Å²) in [6, 6.07) is 2.14. The number of hydrogen-bond donors (Lipinski definition) is 4. The van der Waals surface area contributed by atoms with Crippen molar-refractivity contribution in [2.24, 2.45) is 0 Å². The SMILES string of the molecule is O=C1COc2c(F)cc(NC(=O)NCCCN3CCC[C@@H](O)C3)cc2N1. The molecule has 0 aromatic heterocycles. The number of likely N-dealkylation sites (tertiary alicyclic amines) is 1. The number of nitrogens with one attached hydrogen (secondary N) is 3. The molecule has 1 saturated heterocycles. The van der Waals surface area contributed by atoms with Crippen molar-refractivity contribution >= 4 is 23.3 Å². The van der Waals surface area contributed by atoms with Crippen LogP contribution in [0.5, 0.6) is 5.75 Å². The molecule has 26 heavy (non-hydrogen) atoms. The quantitative estimate of drug-likeness (QED) is 0.585. The molecule has 0 spiro atoms. The summed E-state index contributed by atoms with van der Waals surface area (Å²) in [6.07, 6.45) is 2.32. The van der Waals surface area contributed by atoms with Gasteiger partial charge in [-0.3, -0.25) is 4.79 Å². The lowest BCUT2D eigenvalue weighted by atomic mass is 10.1. The highest BCUT2D eigenvalue weighted by Gasteiger charge is 2.21. The van der Waals surface area contributed by atoms with E-state index in [0.717, 1.165) is 38.4 Å². The van der Waals surface area contributed by atoms with Crippen molar-refractivity contribution in [1.29, 1.82) is 0 Å². The number of amides is 3. The Hall–Kier alpha value is -2.39. The Morgan fingerprint density at radius 1 is 1.46 bits per heavy atom. The minimum atomic E-state index is -0.651. The molecule has 2 aliphatic heterocycles. The van der Waals surface area contributed by atoms with Crippen molar-refractivity contribution in [2.75, 3.05) is 43.4 Å². The van der Waals surface area contributed by atoms with Crippen LogP contribution in [0.15, 0.2) is 12.1 Å². The third-order valence-electron chi connectivity index (χ3n) is 4.34. The Balaban J connectivity index is 1.44. The van der Waals surface area contributed by atoms with Gasteiger partial charge in [0.2, 0.25) is 0 Å². The predicted molar refractivity (Wildman–Crippen MR) is 93.8 cm³/mol. The van der Waals surface area contributed by atoms with E-state index in [9.17, 15) is 19.1 Å². The van der Waals surface area contributed by atoms with Gasteiger partial charge in [-0.15, -0.1) is 0 Å². The zero-order valence-corrected chi connectivity index (χ0v) is 14.4. The molecule has 142 valence electrons. The third-order valence-corrected chi connectivity index (χ3v) is 4.34. The summed E-state index contributed by atoms with van der Waals surface area (Å²) in [6.45, 7) is 2.67. The summed E-state index contributed by atoms with van der Waals surface area (Å²) in [5.74, 6) is -1.05. The van der Waals surface area contributed by atoms with Crippen LogP contribution in [0.1, 0.15) is 19.3 Å². The van der Waals surface area contributed by atoms with Gasteiger partial charge in [-0.05, 0) is 38.4 Å². The molecule has 1 aromatic rings. The molecule has 1 fully saturated rings. The molecule has 1 aromatic carbocycles. The van der Waals surface area contributed by atoms with Crippen LogP contribution < -0.4 is 20.7 Å². The number of carbonyl (C=O) groups excluding carboxylic acids is 2. The van der Waals surface area contributed by atoms with Crippen LogP contribution in [-0.4, -0.2) is 60.8 Å². The number of urea groups is 1. The predicted octanol–water partition coefficient (Wildman–Crippen LogP) is 1.12. The van der Waals surface area contributed by atoms with E-state index in [1.807, 2.05) is 0 Å². The molecule has 0 bridgehead atoms. The number of halogens is 1. The summed E-state index contributed by atoms with van der Waals surface area (Å²) in [4.78, 5) is 25.4. The Bertz CT molecular complexity index is 685. The van der Waals surface area contributed by atoms with E-state index in [-0.39, 0.29) is 35.7 Å². The molecule has 0 saturated carbocycles. The van der Waals surface area contributed by atoms with E-state index in [2.05, 4.69) is 20.9 Å². The molecular weight excluding hydrogens is 343 g/mol. The fourth-order valence-electron chi connectivity index (χ4n) is 3.14. The molecule has 2 heterocycles. The molecule has 1 atom stereocenters. The van der Waals surface area contributed by atoms with Crippen LogP contribution in [0.4, 0.5) is 20.6 Å². The third kappa shape index (κ3) is 4.83. The van der Waals surface area contributed by atoms with Gasteiger partial charge in [-0.25, -0.2) is 9.18 Å². The van der Waals surface area contributed by atoms with Crippen LogP contribution in [0.3, 0.4) is 0 Å². The fourth-order valence-corrected chi connectivity index (χ4v) is 3.14. The number of rotatable bonds is 5. The molecule has 2 aliphatic rings. The number of hydrogen-bond acceptors (Lipinski definition) is 5. The molecule has 9 heteroatoms. The number of carbonyl (C=O) groups is 2. The molecule has 8 nitrogen and oxygen atoms in total. The minimum absolute atomic E-state index is 0.0284. The van der Waals surface area contributed by atoms with Crippen LogP contribution in [-0.2, 0) is 4.79 Å². The van der Waals surface area contributed by atoms with Crippen molar-refractivity contribution < 1.29 is 23.8 Å². The van der Waals surface area contributed by atoms with Crippen LogP contribution in [0.25, 0.3) is 0 Å². The number of nitrogens with zero attached hydrogens (tertiary/aromatic N) is 1. The van der Waals surface area contributed by atoms with E-state index in [4.69, 9.17) is 4.74 Å². The molecule has 0 aliphatic carbocycles. The van der Waals surface area contributed by atoms with Gasteiger partial charge in [0.25, 0.3) is 5.91 Å². The number of anilines is 2. The number of aliphatic hydroxyl groups is 1.